The molecule has 1 aromatic rings. The molecule has 1 heterocycles. The quantitative estimate of drug-likeness (QED) is 0.668. The number of amides is 2. The van der Waals surface area contributed by atoms with E-state index < -0.39 is 0 Å². The average molecular weight is 249 g/mol. The first-order valence-corrected chi connectivity index (χ1v) is 6.13. The molecule has 0 fully saturated rings. The highest BCUT2D eigenvalue weighted by Gasteiger charge is 2.03. The van der Waals surface area contributed by atoms with E-state index in [1.165, 1.54) is 0 Å². The molecule has 0 aliphatic heterocycles. The van der Waals surface area contributed by atoms with Crippen molar-refractivity contribution in [2.24, 2.45) is 5.73 Å². The first-order valence-electron chi connectivity index (χ1n) is 6.13. The largest absolute Gasteiger partial charge is 0.370 e. The third-order valence-corrected chi connectivity index (χ3v) is 2.49. The number of hydrogen-bond acceptors (Lipinski definition) is 3. The third kappa shape index (κ3) is 6.62. The van der Waals surface area contributed by atoms with Crippen LogP contribution in [0, 0.1) is 0 Å². The molecule has 98 valence electrons. The molecule has 0 atom stereocenters. The first kappa shape index (κ1) is 14.2. The number of rotatable bonds is 8. The average Bonchev–Trinajstić information content (AvgIpc) is 2.34. The van der Waals surface area contributed by atoms with Crippen LogP contribution in [0.1, 0.15) is 31.4 Å². The molecule has 0 aliphatic rings. The summed E-state index contributed by atoms with van der Waals surface area (Å²) in [5.41, 5.74) is 5.79. The maximum atomic E-state index is 11.5. The minimum absolute atomic E-state index is 0.0244. The van der Waals surface area contributed by atoms with E-state index in [0.717, 1.165) is 25.0 Å². The Morgan fingerprint density at radius 3 is 2.72 bits per heavy atom. The molecule has 1 rings (SSSR count). The lowest BCUT2D eigenvalue weighted by Crippen LogP contribution is -2.26. The molecular weight excluding hydrogens is 230 g/mol. The number of pyridine rings is 1. The van der Waals surface area contributed by atoms with E-state index >= 15 is 0 Å². The van der Waals surface area contributed by atoms with Crippen molar-refractivity contribution >= 4 is 11.8 Å². The molecule has 3 N–H and O–H groups in total. The molecule has 0 spiro atoms. The second kappa shape index (κ2) is 8.22. The number of nitrogens with zero attached hydrogens (tertiary/aromatic N) is 1. The van der Waals surface area contributed by atoms with E-state index in [1.54, 1.807) is 6.20 Å². The van der Waals surface area contributed by atoms with Crippen molar-refractivity contribution < 1.29 is 9.59 Å². The Kier molecular flexibility index (Phi) is 6.46. The van der Waals surface area contributed by atoms with Crippen LogP contribution < -0.4 is 11.1 Å². The smallest absolute Gasteiger partial charge is 0.226 e. The molecule has 0 aliphatic carbocycles. The van der Waals surface area contributed by atoms with E-state index in [-0.39, 0.29) is 11.8 Å². The van der Waals surface area contributed by atoms with Gasteiger partial charge in [-0.2, -0.15) is 0 Å². The fourth-order valence-electron chi connectivity index (χ4n) is 1.56. The predicted molar refractivity (Wildman–Crippen MR) is 68.6 cm³/mol. The number of hydrogen-bond donors (Lipinski definition) is 2. The number of unbranched alkanes of at least 4 members (excludes halogenated alkanes) is 2. The van der Waals surface area contributed by atoms with E-state index in [9.17, 15) is 9.59 Å². The van der Waals surface area contributed by atoms with Gasteiger partial charge in [0, 0.05) is 24.9 Å². The number of nitrogens with one attached hydrogen (secondary N) is 1. The summed E-state index contributed by atoms with van der Waals surface area (Å²) in [7, 11) is 0. The molecule has 0 unspecified atom stereocenters. The summed E-state index contributed by atoms with van der Waals surface area (Å²) in [5.74, 6) is -0.294. The zero-order valence-corrected chi connectivity index (χ0v) is 10.4. The van der Waals surface area contributed by atoms with Gasteiger partial charge in [-0.25, -0.2) is 0 Å². The number of carbonyl (C=O) groups is 2. The van der Waals surface area contributed by atoms with Gasteiger partial charge in [-0.15, -0.1) is 0 Å². The summed E-state index contributed by atoms with van der Waals surface area (Å²) in [4.78, 5) is 26.1. The van der Waals surface area contributed by atoms with Crippen molar-refractivity contribution in [1.82, 2.24) is 10.3 Å². The molecule has 0 aromatic carbocycles. The molecule has 0 saturated carbocycles. The molecule has 5 heteroatoms. The van der Waals surface area contributed by atoms with E-state index in [2.05, 4.69) is 10.3 Å². The standard InChI is InChI=1S/C13H19N3O2/c14-12(17)7-2-1-4-9-16-13(18)10-11-6-3-5-8-15-11/h3,5-6,8H,1-2,4,7,9-10H2,(H2,14,17)(H,16,18). The topological polar surface area (TPSA) is 85.1 Å². The first-order chi connectivity index (χ1) is 8.68. The van der Waals surface area contributed by atoms with Gasteiger partial charge in [0.1, 0.15) is 0 Å². The summed E-state index contributed by atoms with van der Waals surface area (Å²) < 4.78 is 0. The number of nitrogens with two attached hydrogens (primary N) is 1. The van der Waals surface area contributed by atoms with Crippen LogP contribution in [-0.4, -0.2) is 23.3 Å². The van der Waals surface area contributed by atoms with Crippen LogP contribution in [0.15, 0.2) is 24.4 Å². The second-order valence-corrected chi connectivity index (χ2v) is 4.12. The molecular formula is C13H19N3O2. The Morgan fingerprint density at radius 2 is 2.06 bits per heavy atom. The van der Waals surface area contributed by atoms with Gasteiger partial charge in [-0.05, 0) is 25.0 Å². The molecule has 5 nitrogen and oxygen atoms in total. The minimum Gasteiger partial charge on any atom is -0.370 e. The molecule has 0 bridgehead atoms. The van der Waals surface area contributed by atoms with Gasteiger partial charge in [0.2, 0.25) is 11.8 Å². The maximum absolute atomic E-state index is 11.5. The fraction of sp³-hybridized carbons (Fsp3) is 0.462. The molecule has 1 aromatic heterocycles. The van der Waals surface area contributed by atoms with Gasteiger partial charge >= 0.3 is 0 Å². The van der Waals surface area contributed by atoms with Crippen molar-refractivity contribution in [2.45, 2.75) is 32.1 Å². The predicted octanol–water partition coefficient (Wildman–Crippen LogP) is 0.786. The number of primary amides is 1. The van der Waals surface area contributed by atoms with Gasteiger partial charge in [-0.1, -0.05) is 12.5 Å². The van der Waals surface area contributed by atoms with Crippen molar-refractivity contribution in [3.8, 4) is 0 Å². The number of carbonyl (C=O) groups excluding carboxylic acids is 2. The van der Waals surface area contributed by atoms with Crippen molar-refractivity contribution in [2.75, 3.05) is 6.54 Å². The Labute approximate surface area is 107 Å². The van der Waals surface area contributed by atoms with Crippen LogP contribution in [0.3, 0.4) is 0 Å². The molecule has 2 amide bonds. The highest BCUT2D eigenvalue weighted by molar-refractivity contribution is 5.78. The summed E-state index contributed by atoms with van der Waals surface area (Å²) >= 11 is 0. The Morgan fingerprint density at radius 1 is 1.22 bits per heavy atom. The molecule has 0 saturated heterocycles. The Hall–Kier alpha value is -1.91. The van der Waals surface area contributed by atoms with Gasteiger partial charge in [0.25, 0.3) is 0 Å². The zero-order valence-electron chi connectivity index (χ0n) is 10.4. The van der Waals surface area contributed by atoms with E-state index in [4.69, 9.17) is 5.73 Å². The second-order valence-electron chi connectivity index (χ2n) is 4.12. The van der Waals surface area contributed by atoms with Crippen LogP contribution in [0.5, 0.6) is 0 Å². The Balaban J connectivity index is 2.05. The zero-order chi connectivity index (χ0) is 13.2. The monoisotopic (exact) mass is 249 g/mol. The molecule has 0 radical (unpaired) electrons. The van der Waals surface area contributed by atoms with Crippen molar-refractivity contribution in [1.29, 1.82) is 0 Å². The van der Waals surface area contributed by atoms with Crippen molar-refractivity contribution in [3.63, 3.8) is 0 Å². The Bertz CT molecular complexity index is 379. The SMILES string of the molecule is NC(=O)CCCCCNC(=O)Cc1ccccn1. The van der Waals surface area contributed by atoms with Gasteiger partial charge < -0.3 is 11.1 Å². The fourth-order valence-corrected chi connectivity index (χ4v) is 1.56. The lowest BCUT2D eigenvalue weighted by Gasteiger charge is -2.04. The van der Waals surface area contributed by atoms with Crippen LogP contribution in [0.4, 0.5) is 0 Å². The van der Waals surface area contributed by atoms with Crippen molar-refractivity contribution in [3.05, 3.63) is 30.1 Å². The number of aromatic nitrogens is 1. The lowest BCUT2D eigenvalue weighted by molar-refractivity contribution is -0.120. The third-order valence-electron chi connectivity index (χ3n) is 2.49. The van der Waals surface area contributed by atoms with Gasteiger partial charge in [-0.3, -0.25) is 14.6 Å². The van der Waals surface area contributed by atoms with Crippen LogP contribution in [0.25, 0.3) is 0 Å². The van der Waals surface area contributed by atoms with Gasteiger partial charge in [0.15, 0.2) is 0 Å². The van der Waals surface area contributed by atoms with E-state index in [1.807, 2.05) is 18.2 Å². The van der Waals surface area contributed by atoms with Gasteiger partial charge in [0.05, 0.1) is 6.42 Å². The lowest BCUT2D eigenvalue weighted by atomic mass is 10.2. The maximum Gasteiger partial charge on any atom is 0.226 e. The van der Waals surface area contributed by atoms with E-state index in [0.29, 0.717) is 19.4 Å². The highest BCUT2D eigenvalue weighted by atomic mass is 16.1. The highest BCUT2D eigenvalue weighted by Crippen LogP contribution is 1.98. The molecule has 18 heavy (non-hydrogen) atoms. The van der Waals surface area contributed by atoms with Crippen LogP contribution in [-0.2, 0) is 16.0 Å². The minimum atomic E-state index is -0.269. The summed E-state index contributed by atoms with van der Waals surface area (Å²) in [5, 5.41) is 2.82. The van der Waals surface area contributed by atoms with Crippen LogP contribution >= 0.6 is 0 Å². The normalized spacial score (nSPS) is 10.0. The summed E-state index contributed by atoms with van der Waals surface area (Å²) in [6.45, 7) is 0.629. The summed E-state index contributed by atoms with van der Waals surface area (Å²) in [6.07, 6.45) is 4.94. The van der Waals surface area contributed by atoms with Crippen LogP contribution in [0.2, 0.25) is 0 Å². The summed E-state index contributed by atoms with van der Waals surface area (Å²) in [6, 6.07) is 5.51.